The summed E-state index contributed by atoms with van der Waals surface area (Å²) in [5.74, 6) is -0.650. The Morgan fingerprint density at radius 2 is 2.29 bits per heavy atom. The molecule has 0 amide bonds. The van der Waals surface area contributed by atoms with Crippen molar-refractivity contribution in [1.82, 2.24) is 5.32 Å². The zero-order valence-electron chi connectivity index (χ0n) is 10.0. The number of aromatic hydroxyl groups is 1. The quantitative estimate of drug-likeness (QED) is 0.850. The van der Waals surface area contributed by atoms with Crippen molar-refractivity contribution >= 4 is 0 Å². The Kier molecular flexibility index (Phi) is 3.84. The molecular weight excluding hydrogens is 221 g/mol. The first kappa shape index (κ1) is 12.2. The highest BCUT2D eigenvalue weighted by Crippen LogP contribution is 2.33. The number of nitrogens with one attached hydrogen (secondary N) is 1. The second-order valence-corrected chi connectivity index (χ2v) is 4.44. The number of benzene rings is 1. The lowest BCUT2D eigenvalue weighted by Gasteiger charge is -2.24. The van der Waals surface area contributed by atoms with E-state index >= 15 is 0 Å². The number of hydrogen-bond acceptors (Lipinski definition) is 3. The molecule has 2 rings (SSSR count). The molecule has 17 heavy (non-hydrogen) atoms. The van der Waals surface area contributed by atoms with Crippen molar-refractivity contribution in [3.05, 3.63) is 23.5 Å². The molecule has 0 radical (unpaired) electrons. The number of ether oxygens (including phenoxy) is 1. The molecule has 1 fully saturated rings. The van der Waals surface area contributed by atoms with Gasteiger partial charge in [-0.1, -0.05) is 12.5 Å². The molecule has 1 unspecified atom stereocenters. The lowest BCUT2D eigenvalue weighted by atomic mass is 9.97. The van der Waals surface area contributed by atoms with Gasteiger partial charge in [-0.25, -0.2) is 4.39 Å². The summed E-state index contributed by atoms with van der Waals surface area (Å²) in [7, 11) is 1.36. The van der Waals surface area contributed by atoms with E-state index in [2.05, 4.69) is 5.32 Å². The van der Waals surface area contributed by atoms with Crippen LogP contribution in [-0.2, 0) is 6.42 Å². The molecule has 0 aliphatic carbocycles. The first-order valence-electron chi connectivity index (χ1n) is 6.00. The summed E-state index contributed by atoms with van der Waals surface area (Å²) in [6, 6.07) is 3.34. The van der Waals surface area contributed by atoms with Gasteiger partial charge in [0.25, 0.3) is 0 Å². The molecule has 94 valence electrons. The summed E-state index contributed by atoms with van der Waals surface area (Å²) in [5.41, 5.74) is 0.739. The van der Waals surface area contributed by atoms with Gasteiger partial charge in [0.1, 0.15) is 0 Å². The summed E-state index contributed by atoms with van der Waals surface area (Å²) in [6.07, 6.45) is 4.22. The zero-order valence-corrected chi connectivity index (χ0v) is 10.0. The van der Waals surface area contributed by atoms with Crippen molar-refractivity contribution in [2.75, 3.05) is 13.7 Å². The number of halogens is 1. The number of hydrogen-bond donors (Lipinski definition) is 2. The van der Waals surface area contributed by atoms with Crippen molar-refractivity contribution in [2.45, 2.75) is 31.7 Å². The van der Waals surface area contributed by atoms with Gasteiger partial charge < -0.3 is 15.2 Å². The standard InChI is InChI=1S/C13H18FNO2/c1-17-13-11(14)6-5-9(12(13)16)8-10-4-2-3-7-15-10/h5-6,10,15-16H,2-4,7-8H2,1H3. The van der Waals surface area contributed by atoms with E-state index in [0.717, 1.165) is 18.5 Å². The molecule has 1 aliphatic rings. The smallest absolute Gasteiger partial charge is 0.196 e. The van der Waals surface area contributed by atoms with E-state index in [4.69, 9.17) is 4.74 Å². The predicted octanol–water partition coefficient (Wildman–Crippen LogP) is 2.22. The Morgan fingerprint density at radius 1 is 1.47 bits per heavy atom. The second kappa shape index (κ2) is 5.36. The van der Waals surface area contributed by atoms with Crippen molar-refractivity contribution < 1.29 is 14.2 Å². The van der Waals surface area contributed by atoms with Crippen LogP contribution in [0.3, 0.4) is 0 Å². The minimum atomic E-state index is -0.523. The van der Waals surface area contributed by atoms with E-state index in [9.17, 15) is 9.50 Å². The van der Waals surface area contributed by atoms with E-state index in [1.165, 1.54) is 26.0 Å². The van der Waals surface area contributed by atoms with Crippen molar-refractivity contribution in [3.8, 4) is 11.5 Å². The number of piperidine rings is 1. The Morgan fingerprint density at radius 3 is 2.94 bits per heavy atom. The normalized spacial score (nSPS) is 20.2. The van der Waals surface area contributed by atoms with Crippen molar-refractivity contribution in [2.24, 2.45) is 0 Å². The van der Waals surface area contributed by atoms with Crippen molar-refractivity contribution in [1.29, 1.82) is 0 Å². The highest BCUT2D eigenvalue weighted by Gasteiger charge is 2.18. The molecule has 1 atom stereocenters. The van der Waals surface area contributed by atoms with Crippen LogP contribution < -0.4 is 10.1 Å². The topological polar surface area (TPSA) is 41.5 Å². The van der Waals surface area contributed by atoms with E-state index in [1.54, 1.807) is 6.07 Å². The minimum Gasteiger partial charge on any atom is -0.504 e. The van der Waals surface area contributed by atoms with E-state index < -0.39 is 5.82 Å². The molecular formula is C13H18FNO2. The lowest BCUT2D eigenvalue weighted by molar-refractivity contribution is 0.344. The third-order valence-corrected chi connectivity index (χ3v) is 3.25. The Balaban J connectivity index is 2.15. The van der Waals surface area contributed by atoms with Gasteiger partial charge in [0.15, 0.2) is 17.3 Å². The molecule has 0 saturated carbocycles. The fraction of sp³-hybridized carbons (Fsp3) is 0.538. The van der Waals surface area contributed by atoms with Crippen LogP contribution in [0.25, 0.3) is 0 Å². The Bertz CT molecular complexity index is 389. The highest BCUT2D eigenvalue weighted by atomic mass is 19.1. The number of rotatable bonds is 3. The summed E-state index contributed by atoms with van der Waals surface area (Å²) in [6.45, 7) is 1.02. The average molecular weight is 239 g/mol. The molecule has 4 heteroatoms. The molecule has 1 heterocycles. The molecule has 1 aromatic rings. The molecule has 3 nitrogen and oxygen atoms in total. The predicted molar refractivity (Wildman–Crippen MR) is 64.0 cm³/mol. The Hall–Kier alpha value is -1.29. The van der Waals surface area contributed by atoms with Crippen LogP contribution in [0.4, 0.5) is 4.39 Å². The molecule has 1 aromatic carbocycles. The molecule has 1 aliphatic heterocycles. The third-order valence-electron chi connectivity index (χ3n) is 3.25. The first-order valence-corrected chi connectivity index (χ1v) is 6.00. The third kappa shape index (κ3) is 2.69. The molecule has 2 N–H and O–H groups in total. The molecule has 0 bridgehead atoms. The number of phenols is 1. The van der Waals surface area contributed by atoms with E-state index in [-0.39, 0.29) is 11.5 Å². The van der Waals surface area contributed by atoms with Gasteiger partial charge in [-0.2, -0.15) is 0 Å². The monoisotopic (exact) mass is 239 g/mol. The van der Waals surface area contributed by atoms with Crippen LogP contribution in [0, 0.1) is 5.82 Å². The first-order chi connectivity index (χ1) is 8.22. The van der Waals surface area contributed by atoms with Gasteiger partial charge in [0, 0.05) is 6.04 Å². The molecule has 1 saturated heterocycles. The lowest BCUT2D eigenvalue weighted by Crippen LogP contribution is -2.35. The maximum atomic E-state index is 13.3. The number of methoxy groups -OCH3 is 1. The van der Waals surface area contributed by atoms with Gasteiger partial charge >= 0.3 is 0 Å². The maximum absolute atomic E-state index is 13.3. The fourth-order valence-corrected chi connectivity index (χ4v) is 2.31. The second-order valence-electron chi connectivity index (χ2n) is 4.44. The van der Waals surface area contributed by atoms with Crippen molar-refractivity contribution in [3.63, 3.8) is 0 Å². The van der Waals surface area contributed by atoms with Crippen LogP contribution >= 0.6 is 0 Å². The van der Waals surface area contributed by atoms with Crippen LogP contribution in [0.1, 0.15) is 24.8 Å². The largest absolute Gasteiger partial charge is 0.504 e. The summed E-state index contributed by atoms with van der Waals surface area (Å²) < 4.78 is 18.2. The summed E-state index contributed by atoms with van der Waals surface area (Å²) in [4.78, 5) is 0. The van der Waals surface area contributed by atoms with Crippen LogP contribution in [0.2, 0.25) is 0 Å². The van der Waals surface area contributed by atoms with Crippen LogP contribution in [0.5, 0.6) is 11.5 Å². The van der Waals surface area contributed by atoms with Crippen LogP contribution in [0.15, 0.2) is 12.1 Å². The van der Waals surface area contributed by atoms with Crippen LogP contribution in [-0.4, -0.2) is 24.8 Å². The molecule has 0 aromatic heterocycles. The van der Waals surface area contributed by atoms with E-state index in [0.29, 0.717) is 12.5 Å². The van der Waals surface area contributed by atoms with Gasteiger partial charge in [0.05, 0.1) is 7.11 Å². The summed E-state index contributed by atoms with van der Waals surface area (Å²) >= 11 is 0. The Labute approximate surface area is 101 Å². The zero-order chi connectivity index (χ0) is 12.3. The summed E-state index contributed by atoms with van der Waals surface area (Å²) in [5, 5.41) is 13.3. The average Bonchev–Trinajstić information content (AvgIpc) is 2.35. The van der Waals surface area contributed by atoms with Gasteiger partial charge in [-0.15, -0.1) is 0 Å². The van der Waals surface area contributed by atoms with Gasteiger partial charge in [0.2, 0.25) is 0 Å². The maximum Gasteiger partial charge on any atom is 0.196 e. The van der Waals surface area contributed by atoms with Gasteiger partial charge in [-0.05, 0) is 37.4 Å². The highest BCUT2D eigenvalue weighted by molar-refractivity contribution is 5.46. The molecule has 0 spiro atoms. The minimum absolute atomic E-state index is 0.0571. The van der Waals surface area contributed by atoms with Gasteiger partial charge in [-0.3, -0.25) is 0 Å². The number of phenolic OH excluding ortho intramolecular Hbond substituents is 1. The van der Waals surface area contributed by atoms with E-state index in [1.807, 2.05) is 0 Å². The SMILES string of the molecule is COc1c(F)ccc(CC2CCCCN2)c1O. The fourth-order valence-electron chi connectivity index (χ4n) is 2.31.